The van der Waals surface area contributed by atoms with E-state index in [4.69, 9.17) is 23.2 Å². The number of hydrogen-bond donors (Lipinski definition) is 1. The quantitative estimate of drug-likeness (QED) is 0.741. The fraction of sp³-hybridized carbons (Fsp3) is 0. The zero-order chi connectivity index (χ0) is 9.26. The van der Waals surface area contributed by atoms with E-state index in [2.05, 4.69) is 15.0 Å². The van der Waals surface area contributed by atoms with E-state index in [9.17, 15) is 0 Å². The summed E-state index contributed by atoms with van der Waals surface area (Å²) in [5, 5.41) is 0.912. The van der Waals surface area contributed by atoms with Crippen molar-refractivity contribution in [2.24, 2.45) is 0 Å². The lowest BCUT2D eigenvalue weighted by atomic mass is 10.3. The van der Waals surface area contributed by atoms with Crippen LogP contribution in [-0.4, -0.2) is 15.0 Å². The van der Waals surface area contributed by atoms with Gasteiger partial charge in [0.15, 0.2) is 0 Å². The highest BCUT2D eigenvalue weighted by atomic mass is 35.5. The minimum atomic E-state index is 0.375. The summed E-state index contributed by atoms with van der Waals surface area (Å²) in [6.45, 7) is 0. The first-order valence-electron chi connectivity index (χ1n) is 3.58. The number of halogens is 2. The summed E-state index contributed by atoms with van der Waals surface area (Å²) in [5.74, 6) is 0.689. The van der Waals surface area contributed by atoms with E-state index in [0.717, 1.165) is 5.56 Å². The maximum absolute atomic E-state index is 5.94. The summed E-state index contributed by atoms with van der Waals surface area (Å²) >= 11 is 11.6. The third-order valence-electron chi connectivity index (χ3n) is 1.57. The zero-order valence-corrected chi connectivity index (χ0v) is 7.97. The van der Waals surface area contributed by atoms with Gasteiger partial charge in [0.25, 0.3) is 0 Å². The highest BCUT2D eigenvalue weighted by Crippen LogP contribution is 2.25. The lowest BCUT2D eigenvalue weighted by Gasteiger charge is -1.99. The number of nitrogens with one attached hydrogen (secondary N) is 1. The van der Waals surface area contributed by atoms with Crippen molar-refractivity contribution in [1.29, 1.82) is 0 Å². The third-order valence-corrected chi connectivity index (χ3v) is 2.09. The lowest BCUT2D eigenvalue weighted by Crippen LogP contribution is -1.84. The zero-order valence-electron chi connectivity index (χ0n) is 6.46. The molecule has 0 unspecified atom stereocenters. The molecule has 0 fully saturated rings. The number of hydrogen-bond acceptors (Lipinski definition) is 2. The molecular formula is C8H5Cl2N3. The average molecular weight is 214 g/mol. The Labute approximate surface area is 84.7 Å². The maximum Gasteiger partial charge on any atom is 0.140 e. The van der Waals surface area contributed by atoms with Gasteiger partial charge in [0.2, 0.25) is 0 Å². The number of pyridine rings is 1. The second-order valence-electron chi connectivity index (χ2n) is 2.42. The highest BCUT2D eigenvalue weighted by molar-refractivity contribution is 6.35. The van der Waals surface area contributed by atoms with E-state index in [1.165, 1.54) is 0 Å². The molecule has 13 heavy (non-hydrogen) atoms. The van der Waals surface area contributed by atoms with Gasteiger partial charge in [0.1, 0.15) is 11.0 Å². The summed E-state index contributed by atoms with van der Waals surface area (Å²) in [6.07, 6.45) is 4.96. The molecule has 0 spiro atoms. The molecule has 66 valence electrons. The molecule has 5 heteroatoms. The van der Waals surface area contributed by atoms with Crippen LogP contribution in [0.1, 0.15) is 0 Å². The number of aromatic amines is 1. The molecule has 1 N–H and O–H groups in total. The van der Waals surface area contributed by atoms with Crippen molar-refractivity contribution >= 4 is 23.2 Å². The average Bonchev–Trinajstić information content (AvgIpc) is 2.56. The molecule has 0 aliphatic carbocycles. The van der Waals surface area contributed by atoms with Gasteiger partial charge in [-0.1, -0.05) is 23.2 Å². The second kappa shape index (κ2) is 3.36. The fourth-order valence-electron chi connectivity index (χ4n) is 0.994. The van der Waals surface area contributed by atoms with Crippen LogP contribution in [-0.2, 0) is 0 Å². The van der Waals surface area contributed by atoms with Crippen LogP contribution in [0.3, 0.4) is 0 Å². The molecule has 0 aromatic carbocycles. The van der Waals surface area contributed by atoms with Crippen molar-refractivity contribution in [3.8, 4) is 11.4 Å². The number of nitrogens with zero attached hydrogens (tertiary/aromatic N) is 2. The topological polar surface area (TPSA) is 41.6 Å². The van der Waals surface area contributed by atoms with Gasteiger partial charge in [-0.25, -0.2) is 9.97 Å². The highest BCUT2D eigenvalue weighted by Gasteiger charge is 2.06. The Morgan fingerprint density at radius 1 is 1.23 bits per heavy atom. The van der Waals surface area contributed by atoms with Crippen LogP contribution in [0.2, 0.25) is 10.2 Å². The van der Waals surface area contributed by atoms with Gasteiger partial charge in [-0.2, -0.15) is 0 Å². The Hall–Kier alpha value is -1.06. The molecule has 0 atom stereocenters. The largest absolute Gasteiger partial charge is 0.345 e. The van der Waals surface area contributed by atoms with Crippen LogP contribution >= 0.6 is 23.2 Å². The Morgan fingerprint density at radius 2 is 2.08 bits per heavy atom. The second-order valence-corrected chi connectivity index (χ2v) is 3.22. The molecule has 0 aliphatic rings. The van der Waals surface area contributed by atoms with Crippen LogP contribution in [0.4, 0.5) is 0 Å². The van der Waals surface area contributed by atoms with Crippen LogP contribution in [0.15, 0.2) is 24.7 Å². The number of H-pyrrole nitrogens is 1. The van der Waals surface area contributed by atoms with Crippen LogP contribution in [0.5, 0.6) is 0 Å². The molecule has 0 amide bonds. The normalized spacial score (nSPS) is 10.3. The number of aromatic nitrogens is 3. The van der Waals surface area contributed by atoms with Gasteiger partial charge in [0, 0.05) is 18.6 Å². The Bertz CT molecular complexity index is 411. The van der Waals surface area contributed by atoms with E-state index < -0.39 is 0 Å². The van der Waals surface area contributed by atoms with Gasteiger partial charge in [-0.05, 0) is 6.07 Å². The first-order chi connectivity index (χ1) is 6.27. The predicted octanol–water partition coefficient (Wildman–Crippen LogP) is 2.78. The monoisotopic (exact) mass is 213 g/mol. The van der Waals surface area contributed by atoms with E-state index in [-0.39, 0.29) is 0 Å². The molecular weight excluding hydrogens is 209 g/mol. The van der Waals surface area contributed by atoms with Crippen molar-refractivity contribution in [2.45, 2.75) is 0 Å². The van der Waals surface area contributed by atoms with Crippen molar-refractivity contribution < 1.29 is 0 Å². The standard InChI is InChI=1S/C8H5Cl2N3/c9-6-3-7(10)13-4-5(6)8-11-1-2-12-8/h1-4H,(H,11,12). The summed E-state index contributed by atoms with van der Waals surface area (Å²) in [6, 6.07) is 1.58. The van der Waals surface area contributed by atoms with E-state index in [1.807, 2.05) is 0 Å². The number of imidazole rings is 1. The van der Waals surface area contributed by atoms with Crippen molar-refractivity contribution in [3.63, 3.8) is 0 Å². The summed E-state index contributed by atoms with van der Waals surface area (Å²) in [4.78, 5) is 10.9. The summed E-state index contributed by atoms with van der Waals surface area (Å²) in [7, 11) is 0. The lowest BCUT2D eigenvalue weighted by molar-refractivity contribution is 1.26. The Morgan fingerprint density at radius 3 is 2.69 bits per heavy atom. The van der Waals surface area contributed by atoms with Crippen LogP contribution < -0.4 is 0 Å². The van der Waals surface area contributed by atoms with Crippen molar-refractivity contribution in [1.82, 2.24) is 15.0 Å². The molecule has 2 aromatic heterocycles. The minimum absolute atomic E-state index is 0.375. The first-order valence-corrected chi connectivity index (χ1v) is 4.34. The van der Waals surface area contributed by atoms with Gasteiger partial charge in [0.05, 0.1) is 10.6 Å². The maximum atomic E-state index is 5.94. The SMILES string of the molecule is Clc1cc(Cl)c(-c2ncc[nH]2)cn1. The van der Waals surface area contributed by atoms with Gasteiger partial charge >= 0.3 is 0 Å². The fourth-order valence-corrected chi connectivity index (χ4v) is 1.45. The van der Waals surface area contributed by atoms with E-state index in [0.29, 0.717) is 16.0 Å². The molecule has 2 heterocycles. The van der Waals surface area contributed by atoms with E-state index >= 15 is 0 Å². The molecule has 0 aliphatic heterocycles. The smallest absolute Gasteiger partial charge is 0.140 e. The summed E-state index contributed by atoms with van der Waals surface area (Å²) in [5.41, 5.74) is 0.746. The number of rotatable bonds is 1. The molecule has 2 aromatic rings. The Kier molecular flexibility index (Phi) is 2.20. The van der Waals surface area contributed by atoms with Crippen molar-refractivity contribution in [3.05, 3.63) is 34.8 Å². The van der Waals surface area contributed by atoms with Gasteiger partial charge in [-0.15, -0.1) is 0 Å². The van der Waals surface area contributed by atoms with Gasteiger partial charge < -0.3 is 4.98 Å². The predicted molar refractivity (Wildman–Crippen MR) is 51.8 cm³/mol. The molecule has 0 saturated carbocycles. The third kappa shape index (κ3) is 1.66. The molecule has 0 radical (unpaired) electrons. The minimum Gasteiger partial charge on any atom is -0.345 e. The molecule has 0 bridgehead atoms. The van der Waals surface area contributed by atoms with Crippen LogP contribution in [0, 0.1) is 0 Å². The molecule has 2 rings (SSSR count). The first kappa shape index (κ1) is 8.53. The van der Waals surface area contributed by atoms with Crippen LogP contribution in [0.25, 0.3) is 11.4 Å². The van der Waals surface area contributed by atoms with Crippen molar-refractivity contribution in [2.75, 3.05) is 0 Å². The van der Waals surface area contributed by atoms with E-state index in [1.54, 1.807) is 24.7 Å². The molecule has 0 saturated heterocycles. The molecule has 3 nitrogen and oxygen atoms in total. The van der Waals surface area contributed by atoms with Gasteiger partial charge in [-0.3, -0.25) is 0 Å². The summed E-state index contributed by atoms with van der Waals surface area (Å²) < 4.78 is 0. The Balaban J connectivity index is 2.53.